The Morgan fingerprint density at radius 1 is 1.35 bits per heavy atom. The van der Waals surface area contributed by atoms with E-state index in [0.717, 1.165) is 0 Å². The Morgan fingerprint density at radius 3 is 2.61 bits per heavy atom. The van der Waals surface area contributed by atoms with Gasteiger partial charge in [0, 0.05) is 20.3 Å². The molecular weight excluding hydrogens is 298 g/mol. The average molecular weight is 317 g/mol. The van der Waals surface area contributed by atoms with E-state index in [4.69, 9.17) is 20.5 Å². The number of carbonyl (C=O) groups is 2. The van der Waals surface area contributed by atoms with Crippen molar-refractivity contribution in [1.82, 2.24) is 5.32 Å². The van der Waals surface area contributed by atoms with Gasteiger partial charge in [0.2, 0.25) is 0 Å². The molecule has 3 N–H and O–H groups in total. The molecule has 0 bridgehead atoms. The van der Waals surface area contributed by atoms with Crippen LogP contribution in [0.15, 0.2) is 29.8 Å². The molecule has 0 unspecified atom stereocenters. The second-order valence-corrected chi connectivity index (χ2v) is 4.60. The van der Waals surface area contributed by atoms with Gasteiger partial charge in [0.1, 0.15) is 17.4 Å². The summed E-state index contributed by atoms with van der Waals surface area (Å²) in [5.74, 6) is -0.521. The number of nitriles is 1. The van der Waals surface area contributed by atoms with Crippen LogP contribution in [0.5, 0.6) is 5.75 Å². The minimum absolute atomic E-state index is 0.00761. The number of primary amides is 1. The Labute approximate surface area is 134 Å². The molecule has 1 rings (SSSR count). The molecule has 0 aliphatic rings. The molecule has 0 aliphatic carbocycles. The van der Waals surface area contributed by atoms with Crippen molar-refractivity contribution < 1.29 is 19.1 Å². The second kappa shape index (κ2) is 9.97. The molecule has 2 amide bonds. The number of methoxy groups -OCH3 is 1. The summed E-state index contributed by atoms with van der Waals surface area (Å²) in [5, 5.41) is 11.7. The van der Waals surface area contributed by atoms with E-state index in [1.807, 2.05) is 6.07 Å². The molecule has 7 nitrogen and oxygen atoms in total. The number of carbonyl (C=O) groups excluding carboxylic acids is 2. The third kappa shape index (κ3) is 7.11. The highest BCUT2D eigenvalue weighted by atomic mass is 16.5. The molecule has 23 heavy (non-hydrogen) atoms. The number of rotatable bonds is 9. The van der Waals surface area contributed by atoms with Crippen LogP contribution in [0, 0.1) is 11.3 Å². The Balaban J connectivity index is 2.65. The van der Waals surface area contributed by atoms with Crippen molar-refractivity contribution in [3.05, 3.63) is 35.4 Å². The fraction of sp³-hybridized carbons (Fsp3) is 0.312. The van der Waals surface area contributed by atoms with E-state index in [1.54, 1.807) is 31.4 Å². The summed E-state index contributed by atoms with van der Waals surface area (Å²) in [5.41, 5.74) is 5.66. The monoisotopic (exact) mass is 317 g/mol. The molecule has 1 aromatic rings. The van der Waals surface area contributed by atoms with E-state index in [2.05, 4.69) is 5.32 Å². The molecule has 0 heterocycles. The lowest BCUT2D eigenvalue weighted by Gasteiger charge is -2.05. The first-order valence-electron chi connectivity index (χ1n) is 6.97. The lowest BCUT2D eigenvalue weighted by molar-refractivity contribution is -0.120. The smallest absolute Gasteiger partial charge is 0.261 e. The number of hydrogen-bond donors (Lipinski definition) is 2. The Bertz CT molecular complexity index is 603. The van der Waals surface area contributed by atoms with Crippen LogP contribution in [-0.2, 0) is 14.3 Å². The third-order valence-electron chi connectivity index (χ3n) is 2.75. The molecule has 0 saturated heterocycles. The van der Waals surface area contributed by atoms with Gasteiger partial charge in [-0.05, 0) is 30.2 Å². The Morgan fingerprint density at radius 2 is 2.04 bits per heavy atom. The maximum atomic E-state index is 11.9. The minimum atomic E-state index is -0.564. The average Bonchev–Trinajstić information content (AvgIpc) is 2.55. The van der Waals surface area contributed by atoms with Gasteiger partial charge in [0.25, 0.3) is 11.8 Å². The summed E-state index contributed by atoms with van der Waals surface area (Å²) in [6.45, 7) is 0.771. The molecule has 0 aliphatic heterocycles. The predicted octanol–water partition coefficient (Wildman–Crippen LogP) is 0.610. The highest BCUT2D eigenvalue weighted by Crippen LogP contribution is 2.14. The van der Waals surface area contributed by atoms with E-state index >= 15 is 0 Å². The van der Waals surface area contributed by atoms with Crippen molar-refractivity contribution in [2.45, 2.75) is 6.42 Å². The molecule has 0 atom stereocenters. The van der Waals surface area contributed by atoms with Gasteiger partial charge in [-0.3, -0.25) is 9.59 Å². The topological polar surface area (TPSA) is 114 Å². The van der Waals surface area contributed by atoms with Crippen LogP contribution in [0.25, 0.3) is 6.08 Å². The third-order valence-corrected chi connectivity index (χ3v) is 2.75. The fourth-order valence-electron chi connectivity index (χ4n) is 1.64. The SMILES string of the molecule is COCCCNC(=O)/C(C#N)=C/c1ccc(OCC(N)=O)cc1. The normalized spacial score (nSPS) is 10.7. The number of benzene rings is 1. The summed E-state index contributed by atoms with van der Waals surface area (Å²) in [7, 11) is 1.58. The maximum Gasteiger partial charge on any atom is 0.261 e. The largest absolute Gasteiger partial charge is 0.484 e. The van der Waals surface area contributed by atoms with E-state index in [1.165, 1.54) is 6.08 Å². The van der Waals surface area contributed by atoms with Gasteiger partial charge < -0.3 is 20.5 Å². The first-order valence-corrected chi connectivity index (χ1v) is 6.97. The highest BCUT2D eigenvalue weighted by Gasteiger charge is 2.08. The van der Waals surface area contributed by atoms with E-state index in [-0.39, 0.29) is 12.2 Å². The van der Waals surface area contributed by atoms with Crippen molar-refractivity contribution >= 4 is 17.9 Å². The summed E-state index contributed by atoms with van der Waals surface area (Å²) < 4.78 is 10.0. The van der Waals surface area contributed by atoms with Gasteiger partial charge >= 0.3 is 0 Å². The van der Waals surface area contributed by atoms with Crippen LogP contribution in [0.3, 0.4) is 0 Å². The number of nitrogens with zero attached hydrogens (tertiary/aromatic N) is 1. The number of nitrogens with two attached hydrogens (primary N) is 1. The quantitative estimate of drug-likeness (QED) is 0.393. The van der Waals surface area contributed by atoms with Crippen LogP contribution in [0.2, 0.25) is 0 Å². The van der Waals surface area contributed by atoms with Crippen LogP contribution >= 0.6 is 0 Å². The van der Waals surface area contributed by atoms with Crippen LogP contribution in [0.1, 0.15) is 12.0 Å². The molecule has 1 aromatic carbocycles. The number of nitrogens with one attached hydrogen (secondary N) is 1. The molecule has 0 aromatic heterocycles. The number of ether oxygens (including phenoxy) is 2. The summed E-state index contributed by atoms with van der Waals surface area (Å²) >= 11 is 0. The number of hydrogen-bond acceptors (Lipinski definition) is 5. The fourth-order valence-corrected chi connectivity index (χ4v) is 1.64. The van der Waals surface area contributed by atoms with Gasteiger partial charge in [-0.15, -0.1) is 0 Å². The zero-order valence-electron chi connectivity index (χ0n) is 12.9. The van der Waals surface area contributed by atoms with Gasteiger partial charge in [-0.2, -0.15) is 5.26 Å². The first-order chi connectivity index (χ1) is 11.1. The minimum Gasteiger partial charge on any atom is -0.484 e. The van der Waals surface area contributed by atoms with Crippen molar-refractivity contribution in [3.8, 4) is 11.8 Å². The van der Waals surface area contributed by atoms with Gasteiger partial charge in [0.05, 0.1) is 0 Å². The Hall–Kier alpha value is -2.85. The zero-order valence-corrected chi connectivity index (χ0v) is 12.9. The van der Waals surface area contributed by atoms with Crippen LogP contribution < -0.4 is 15.8 Å². The lowest BCUT2D eigenvalue weighted by Crippen LogP contribution is -2.26. The standard InChI is InChI=1S/C16H19N3O4/c1-22-8-2-7-19-16(21)13(10-17)9-12-3-5-14(6-4-12)23-11-15(18)20/h3-6,9H,2,7-8,11H2,1H3,(H2,18,20)(H,19,21)/b13-9+. The van der Waals surface area contributed by atoms with E-state index in [0.29, 0.717) is 30.9 Å². The van der Waals surface area contributed by atoms with E-state index in [9.17, 15) is 9.59 Å². The predicted molar refractivity (Wildman–Crippen MR) is 84.2 cm³/mol. The van der Waals surface area contributed by atoms with Crippen molar-refractivity contribution in [2.75, 3.05) is 26.9 Å². The molecule has 0 radical (unpaired) electrons. The summed E-state index contributed by atoms with van der Waals surface area (Å²) in [4.78, 5) is 22.5. The van der Waals surface area contributed by atoms with E-state index < -0.39 is 11.8 Å². The van der Waals surface area contributed by atoms with Crippen molar-refractivity contribution in [3.63, 3.8) is 0 Å². The molecule has 0 saturated carbocycles. The maximum absolute atomic E-state index is 11.9. The second-order valence-electron chi connectivity index (χ2n) is 4.60. The molecule has 7 heteroatoms. The summed E-state index contributed by atoms with van der Waals surface area (Å²) in [6.07, 6.45) is 2.15. The highest BCUT2D eigenvalue weighted by molar-refractivity contribution is 6.01. The van der Waals surface area contributed by atoms with Gasteiger partial charge in [-0.1, -0.05) is 12.1 Å². The zero-order chi connectivity index (χ0) is 17.1. The molecule has 0 spiro atoms. The van der Waals surface area contributed by atoms with Crippen molar-refractivity contribution in [2.24, 2.45) is 5.73 Å². The molecular formula is C16H19N3O4. The van der Waals surface area contributed by atoms with Gasteiger partial charge in [-0.25, -0.2) is 0 Å². The van der Waals surface area contributed by atoms with Crippen molar-refractivity contribution in [1.29, 1.82) is 5.26 Å². The van der Waals surface area contributed by atoms with Crippen LogP contribution in [-0.4, -0.2) is 38.7 Å². The molecule has 122 valence electrons. The Kier molecular flexibility index (Phi) is 7.89. The summed E-state index contributed by atoms with van der Waals surface area (Å²) in [6, 6.07) is 8.47. The number of amides is 2. The van der Waals surface area contributed by atoms with Gasteiger partial charge in [0.15, 0.2) is 6.61 Å². The first kappa shape index (κ1) is 18.2. The lowest BCUT2D eigenvalue weighted by atomic mass is 10.1. The van der Waals surface area contributed by atoms with Crippen LogP contribution in [0.4, 0.5) is 0 Å². The molecule has 0 fully saturated rings.